The fourth-order valence-corrected chi connectivity index (χ4v) is 3.00. The first-order chi connectivity index (χ1) is 15.2. The van der Waals surface area contributed by atoms with Crippen LogP contribution in [-0.4, -0.2) is 106 Å². The number of hydrogen-bond donors (Lipinski definition) is 4. The van der Waals surface area contributed by atoms with E-state index in [1.807, 2.05) is 18.3 Å². The number of piperazine rings is 1. The summed E-state index contributed by atoms with van der Waals surface area (Å²) >= 11 is 0. The third-order valence-corrected chi connectivity index (χ3v) is 4.62. The molecule has 33 heavy (non-hydrogen) atoms. The highest BCUT2D eigenvalue weighted by molar-refractivity contribution is 5.73. The van der Waals surface area contributed by atoms with E-state index in [9.17, 15) is 31.4 Å². The molecule has 2 fully saturated rings. The van der Waals surface area contributed by atoms with Gasteiger partial charge in [-0.3, -0.25) is 14.8 Å². The summed E-state index contributed by atoms with van der Waals surface area (Å²) in [6.07, 6.45) is -8.52. The van der Waals surface area contributed by atoms with E-state index in [4.69, 9.17) is 19.8 Å². The fraction of sp³-hybridized carbons (Fsp3) is 0.611. The van der Waals surface area contributed by atoms with Gasteiger partial charge in [-0.2, -0.15) is 26.3 Å². The summed E-state index contributed by atoms with van der Waals surface area (Å²) in [4.78, 5) is 27.0. The number of alkyl halides is 6. The van der Waals surface area contributed by atoms with Gasteiger partial charge in [-0.05, 0) is 12.1 Å². The summed E-state index contributed by atoms with van der Waals surface area (Å²) in [6.45, 7) is 6.77. The van der Waals surface area contributed by atoms with Crippen molar-refractivity contribution in [3.05, 3.63) is 30.1 Å². The lowest BCUT2D eigenvalue weighted by molar-refractivity contribution is -0.193. The van der Waals surface area contributed by atoms with E-state index in [1.54, 1.807) is 0 Å². The van der Waals surface area contributed by atoms with Crippen molar-refractivity contribution in [2.24, 2.45) is 0 Å². The highest BCUT2D eigenvalue weighted by Crippen LogP contribution is 2.15. The first-order valence-corrected chi connectivity index (χ1v) is 9.57. The zero-order valence-electron chi connectivity index (χ0n) is 17.2. The molecule has 188 valence electrons. The minimum Gasteiger partial charge on any atom is -0.475 e. The van der Waals surface area contributed by atoms with Gasteiger partial charge in [-0.25, -0.2) is 9.59 Å². The minimum atomic E-state index is -5.08. The molecule has 1 aromatic rings. The van der Waals surface area contributed by atoms with Gasteiger partial charge in [0.25, 0.3) is 0 Å². The Morgan fingerprint density at radius 2 is 1.48 bits per heavy atom. The molecule has 1 aromatic heterocycles. The van der Waals surface area contributed by atoms with Gasteiger partial charge in [0.15, 0.2) is 0 Å². The Kier molecular flexibility index (Phi) is 11.0. The summed E-state index contributed by atoms with van der Waals surface area (Å²) in [6, 6.07) is 6.38. The van der Waals surface area contributed by atoms with Gasteiger partial charge in [-0.15, -0.1) is 0 Å². The summed E-state index contributed by atoms with van der Waals surface area (Å²) in [5, 5.41) is 27.4. The summed E-state index contributed by atoms with van der Waals surface area (Å²) in [7, 11) is 0. The van der Waals surface area contributed by atoms with Crippen molar-refractivity contribution in [1.29, 1.82) is 0 Å². The molecule has 4 N–H and O–H groups in total. The number of carboxylic acid groups (broad SMARTS) is 2. The summed E-state index contributed by atoms with van der Waals surface area (Å²) in [5.41, 5.74) is 1.14. The monoisotopic (exact) mass is 490 g/mol. The van der Waals surface area contributed by atoms with E-state index < -0.39 is 24.3 Å². The van der Waals surface area contributed by atoms with E-state index in [1.165, 1.54) is 0 Å². The predicted molar refractivity (Wildman–Crippen MR) is 101 cm³/mol. The summed E-state index contributed by atoms with van der Waals surface area (Å²) in [5.74, 6) is -5.51. The predicted octanol–water partition coefficient (Wildman–Crippen LogP) is 0.798. The molecule has 2 aliphatic heterocycles. The summed E-state index contributed by atoms with van der Waals surface area (Å²) < 4.78 is 63.5. The first-order valence-electron chi connectivity index (χ1n) is 9.57. The maximum Gasteiger partial charge on any atom is 0.490 e. The smallest absolute Gasteiger partial charge is 0.475 e. The van der Waals surface area contributed by atoms with Gasteiger partial charge >= 0.3 is 24.3 Å². The van der Waals surface area contributed by atoms with Crippen molar-refractivity contribution < 1.29 is 51.3 Å². The zero-order valence-corrected chi connectivity index (χ0v) is 17.2. The van der Waals surface area contributed by atoms with Gasteiger partial charge in [0.1, 0.15) is 0 Å². The van der Waals surface area contributed by atoms with Crippen LogP contribution in [0.1, 0.15) is 5.69 Å². The number of nitrogens with one attached hydrogen (secondary N) is 1. The highest BCUT2D eigenvalue weighted by atomic mass is 19.4. The van der Waals surface area contributed by atoms with E-state index >= 15 is 0 Å². The average Bonchev–Trinajstić information content (AvgIpc) is 3.15. The lowest BCUT2D eigenvalue weighted by Crippen LogP contribution is -2.53. The van der Waals surface area contributed by atoms with Crippen LogP contribution in [0.2, 0.25) is 0 Å². The van der Waals surface area contributed by atoms with Crippen LogP contribution in [0.15, 0.2) is 24.4 Å². The third-order valence-electron chi connectivity index (χ3n) is 4.62. The van der Waals surface area contributed by atoms with Gasteiger partial charge < -0.3 is 20.6 Å². The van der Waals surface area contributed by atoms with Crippen molar-refractivity contribution in [1.82, 2.24) is 20.1 Å². The quantitative estimate of drug-likeness (QED) is 0.455. The Morgan fingerprint density at radius 1 is 0.970 bits per heavy atom. The normalized spacial score (nSPS) is 21.9. The first kappa shape index (κ1) is 28.5. The van der Waals surface area contributed by atoms with Crippen LogP contribution in [0, 0.1) is 0 Å². The molecule has 2 atom stereocenters. The largest absolute Gasteiger partial charge is 0.490 e. The van der Waals surface area contributed by atoms with Crippen molar-refractivity contribution in [3.8, 4) is 0 Å². The number of carbonyl (C=O) groups is 2. The average molecular weight is 490 g/mol. The van der Waals surface area contributed by atoms with Gasteiger partial charge in [0.2, 0.25) is 0 Å². The number of carboxylic acids is 2. The molecule has 0 radical (unpaired) electrons. The van der Waals surface area contributed by atoms with Crippen molar-refractivity contribution >= 4 is 11.9 Å². The SMILES string of the molecule is O=C(O)C(F)(F)F.O=C(O)C(F)(F)F.O[C@H]1CNC[C@@H]1N1CCN(Cc2ccccn2)CC1. The Bertz CT molecular complexity index is 718. The molecule has 0 bridgehead atoms. The van der Waals surface area contributed by atoms with E-state index in [2.05, 4.69) is 26.2 Å². The number of pyridine rings is 1. The molecule has 15 heteroatoms. The third kappa shape index (κ3) is 10.8. The molecular formula is C18H24F6N4O5. The van der Waals surface area contributed by atoms with Crippen molar-refractivity contribution in [2.45, 2.75) is 31.0 Å². The number of nitrogens with zero attached hydrogens (tertiary/aromatic N) is 3. The van der Waals surface area contributed by atoms with Crippen LogP contribution in [0.25, 0.3) is 0 Å². The second-order valence-corrected chi connectivity index (χ2v) is 7.03. The maximum absolute atomic E-state index is 10.6. The molecular weight excluding hydrogens is 466 g/mol. The van der Waals surface area contributed by atoms with Crippen molar-refractivity contribution in [3.63, 3.8) is 0 Å². The van der Waals surface area contributed by atoms with E-state index in [-0.39, 0.29) is 6.10 Å². The molecule has 2 aliphatic rings. The Morgan fingerprint density at radius 3 is 1.85 bits per heavy atom. The highest BCUT2D eigenvalue weighted by Gasteiger charge is 2.39. The van der Waals surface area contributed by atoms with Crippen LogP contribution in [0.3, 0.4) is 0 Å². The Hall–Kier alpha value is -2.49. The maximum atomic E-state index is 10.6. The fourth-order valence-electron chi connectivity index (χ4n) is 3.00. The lowest BCUT2D eigenvalue weighted by atomic mass is 10.1. The molecule has 0 amide bonds. The topological polar surface area (TPSA) is 126 Å². The molecule has 2 saturated heterocycles. The van der Waals surface area contributed by atoms with Gasteiger partial charge in [0, 0.05) is 58.1 Å². The molecule has 0 aromatic carbocycles. The molecule has 3 rings (SSSR count). The van der Waals surface area contributed by atoms with Crippen LogP contribution in [0.4, 0.5) is 26.3 Å². The van der Waals surface area contributed by atoms with E-state index in [0.717, 1.165) is 51.5 Å². The lowest BCUT2D eigenvalue weighted by Gasteiger charge is -2.38. The Balaban J connectivity index is 0.000000324. The van der Waals surface area contributed by atoms with Gasteiger partial charge in [0.05, 0.1) is 11.8 Å². The second-order valence-electron chi connectivity index (χ2n) is 7.03. The number of rotatable bonds is 3. The number of hydrogen-bond acceptors (Lipinski definition) is 7. The second kappa shape index (κ2) is 12.7. The molecule has 0 unspecified atom stereocenters. The molecule has 0 spiro atoms. The number of aliphatic carboxylic acids is 2. The number of aliphatic hydroxyl groups is 1. The van der Waals surface area contributed by atoms with Crippen LogP contribution in [0.5, 0.6) is 0 Å². The molecule has 9 nitrogen and oxygen atoms in total. The number of aromatic nitrogens is 1. The molecule has 0 saturated carbocycles. The number of halogens is 6. The number of aliphatic hydroxyl groups excluding tert-OH is 1. The van der Waals surface area contributed by atoms with Crippen molar-refractivity contribution in [2.75, 3.05) is 39.3 Å². The van der Waals surface area contributed by atoms with Crippen LogP contribution in [-0.2, 0) is 16.1 Å². The van der Waals surface area contributed by atoms with Gasteiger partial charge in [-0.1, -0.05) is 6.07 Å². The van der Waals surface area contributed by atoms with Crippen LogP contribution < -0.4 is 5.32 Å². The molecule has 3 heterocycles. The zero-order chi connectivity index (χ0) is 25.2. The van der Waals surface area contributed by atoms with E-state index in [0.29, 0.717) is 6.04 Å². The minimum absolute atomic E-state index is 0.206. The standard InChI is InChI=1S/C14H22N4O.2C2HF3O2/c19-14-10-15-9-13(14)18-7-5-17(6-8-18)11-12-3-1-2-4-16-12;2*3-2(4,5)1(6)7/h1-4,13-15,19H,5-11H2;2*(H,6,7)/t13-,14-;;/m0../s1. The van der Waals surface area contributed by atoms with Crippen LogP contribution >= 0.6 is 0 Å². The Labute approximate surface area is 184 Å². The number of β-amino-alcohol motifs (C(OH)–C–C–N with tert-alkyl or cyclic N) is 1. The molecule has 0 aliphatic carbocycles.